The van der Waals surface area contributed by atoms with Crippen LogP contribution in [0.3, 0.4) is 0 Å². The minimum atomic E-state index is 0. The zero-order valence-corrected chi connectivity index (χ0v) is 18.1. The van der Waals surface area contributed by atoms with E-state index in [1.165, 1.54) is 32.1 Å². The highest BCUT2D eigenvalue weighted by atomic mass is 127. The van der Waals surface area contributed by atoms with Gasteiger partial charge in [0, 0.05) is 46.3 Å². The van der Waals surface area contributed by atoms with Gasteiger partial charge < -0.3 is 20.3 Å². The molecule has 0 saturated heterocycles. The normalized spacial score (nSPS) is 18.4. The van der Waals surface area contributed by atoms with Gasteiger partial charge in [-0.15, -0.1) is 24.0 Å². The first-order valence-corrected chi connectivity index (χ1v) is 9.48. The van der Waals surface area contributed by atoms with Gasteiger partial charge in [0.2, 0.25) is 5.91 Å². The number of amides is 1. The molecule has 0 atom stereocenters. The number of nitrogens with zero attached hydrogens (tertiary/aromatic N) is 2. The summed E-state index contributed by atoms with van der Waals surface area (Å²) < 4.78 is 5.66. The Bertz CT molecular complexity index is 410. The summed E-state index contributed by atoms with van der Waals surface area (Å²) >= 11 is 0. The van der Waals surface area contributed by atoms with Crippen molar-refractivity contribution in [2.45, 2.75) is 57.4 Å². The summed E-state index contributed by atoms with van der Waals surface area (Å²) in [5.41, 5.74) is 0. The van der Waals surface area contributed by atoms with Gasteiger partial charge in [-0.25, -0.2) is 0 Å². The topological polar surface area (TPSA) is 66.0 Å². The molecule has 0 unspecified atom stereocenters. The number of guanidine groups is 1. The molecule has 25 heavy (non-hydrogen) atoms. The molecule has 2 aliphatic rings. The predicted molar refractivity (Wildman–Crippen MR) is 113 cm³/mol. The molecule has 2 aliphatic carbocycles. The van der Waals surface area contributed by atoms with E-state index in [-0.39, 0.29) is 29.9 Å². The minimum Gasteiger partial charge on any atom is -0.379 e. The molecular formula is C18H35IN4O2. The number of rotatable bonds is 9. The van der Waals surface area contributed by atoms with Crippen LogP contribution < -0.4 is 10.6 Å². The lowest BCUT2D eigenvalue weighted by atomic mass is 9.95. The van der Waals surface area contributed by atoms with Gasteiger partial charge in [0.1, 0.15) is 0 Å². The second-order valence-corrected chi connectivity index (χ2v) is 7.07. The smallest absolute Gasteiger partial charge is 0.221 e. The lowest BCUT2D eigenvalue weighted by Crippen LogP contribution is -2.43. The molecule has 0 aromatic heterocycles. The average Bonchev–Trinajstić information content (AvgIpc) is 3.40. The molecule has 7 heteroatoms. The summed E-state index contributed by atoms with van der Waals surface area (Å²) in [6, 6.07) is 0.386. The summed E-state index contributed by atoms with van der Waals surface area (Å²) in [7, 11) is 3.77. The van der Waals surface area contributed by atoms with Crippen molar-refractivity contribution >= 4 is 35.8 Å². The minimum absolute atomic E-state index is 0. The summed E-state index contributed by atoms with van der Waals surface area (Å²) in [5, 5.41) is 6.40. The van der Waals surface area contributed by atoms with Crippen LogP contribution in [0.25, 0.3) is 0 Å². The Morgan fingerprint density at radius 1 is 1.20 bits per heavy atom. The standard InChI is InChI=1S/C18H34N4O2.HI/c1-19-18(22(2)12-13-24-14-15-8-9-15)20-11-10-17(23)21-16-6-4-3-5-7-16;/h15-16H,3-14H2,1-2H3,(H,19,20)(H,21,23);1H. The molecule has 0 bridgehead atoms. The van der Waals surface area contributed by atoms with E-state index in [0.29, 0.717) is 19.0 Å². The van der Waals surface area contributed by atoms with E-state index in [9.17, 15) is 4.79 Å². The monoisotopic (exact) mass is 466 g/mol. The number of hydrogen-bond acceptors (Lipinski definition) is 3. The molecule has 0 aromatic carbocycles. The first kappa shape index (κ1) is 22.5. The second kappa shape index (κ2) is 12.7. The summed E-state index contributed by atoms with van der Waals surface area (Å²) in [6.45, 7) is 3.02. The third-order valence-corrected chi connectivity index (χ3v) is 4.80. The van der Waals surface area contributed by atoms with Crippen molar-refractivity contribution in [3.05, 3.63) is 0 Å². The third-order valence-electron chi connectivity index (χ3n) is 4.80. The molecule has 2 fully saturated rings. The van der Waals surface area contributed by atoms with Crippen molar-refractivity contribution < 1.29 is 9.53 Å². The fourth-order valence-electron chi connectivity index (χ4n) is 3.06. The highest BCUT2D eigenvalue weighted by Crippen LogP contribution is 2.28. The number of hydrogen-bond donors (Lipinski definition) is 2. The highest BCUT2D eigenvalue weighted by Gasteiger charge is 2.21. The molecule has 1 amide bonds. The quantitative estimate of drug-likeness (QED) is 0.237. The predicted octanol–water partition coefficient (Wildman–Crippen LogP) is 2.38. The fourth-order valence-corrected chi connectivity index (χ4v) is 3.06. The molecule has 0 aliphatic heterocycles. The first-order valence-electron chi connectivity index (χ1n) is 9.48. The van der Waals surface area contributed by atoms with E-state index in [2.05, 4.69) is 15.6 Å². The van der Waals surface area contributed by atoms with E-state index in [4.69, 9.17) is 4.74 Å². The van der Waals surface area contributed by atoms with E-state index in [1.807, 2.05) is 11.9 Å². The molecule has 0 aromatic rings. The van der Waals surface area contributed by atoms with Crippen LogP contribution in [0.15, 0.2) is 4.99 Å². The molecule has 0 heterocycles. The Balaban J connectivity index is 0.00000312. The van der Waals surface area contributed by atoms with Crippen LogP contribution in [0.4, 0.5) is 0 Å². The largest absolute Gasteiger partial charge is 0.379 e. The van der Waals surface area contributed by atoms with Crippen LogP contribution in [0.2, 0.25) is 0 Å². The van der Waals surface area contributed by atoms with Gasteiger partial charge in [0.25, 0.3) is 0 Å². The van der Waals surface area contributed by atoms with Crippen molar-refractivity contribution in [2.24, 2.45) is 10.9 Å². The van der Waals surface area contributed by atoms with Gasteiger partial charge in [-0.1, -0.05) is 19.3 Å². The van der Waals surface area contributed by atoms with Crippen LogP contribution in [0.1, 0.15) is 51.4 Å². The summed E-state index contributed by atoms with van der Waals surface area (Å²) in [5.74, 6) is 1.76. The highest BCUT2D eigenvalue weighted by molar-refractivity contribution is 14.0. The maximum Gasteiger partial charge on any atom is 0.221 e. The molecule has 6 nitrogen and oxygen atoms in total. The Labute approximate surface area is 169 Å². The zero-order chi connectivity index (χ0) is 17.2. The van der Waals surface area contributed by atoms with Crippen molar-refractivity contribution in [3.63, 3.8) is 0 Å². The average molecular weight is 466 g/mol. The van der Waals surface area contributed by atoms with Crippen LogP contribution >= 0.6 is 24.0 Å². The van der Waals surface area contributed by atoms with Crippen LogP contribution in [-0.4, -0.2) is 63.2 Å². The number of ether oxygens (including phenoxy) is 1. The third kappa shape index (κ3) is 9.63. The maximum absolute atomic E-state index is 12.0. The molecule has 146 valence electrons. The van der Waals surface area contributed by atoms with E-state index in [1.54, 1.807) is 7.05 Å². The molecule has 0 radical (unpaired) electrons. The number of aliphatic imine (C=N–C) groups is 1. The Morgan fingerprint density at radius 2 is 1.92 bits per heavy atom. The van der Waals surface area contributed by atoms with Gasteiger partial charge in [-0.2, -0.15) is 0 Å². The van der Waals surface area contributed by atoms with Gasteiger partial charge in [0.15, 0.2) is 5.96 Å². The molecule has 0 spiro atoms. The van der Waals surface area contributed by atoms with Gasteiger partial charge in [0.05, 0.1) is 6.61 Å². The first-order chi connectivity index (χ1) is 11.7. The fraction of sp³-hybridized carbons (Fsp3) is 0.889. The summed E-state index contributed by atoms with van der Waals surface area (Å²) in [4.78, 5) is 18.3. The van der Waals surface area contributed by atoms with Crippen molar-refractivity contribution in [2.75, 3.05) is 40.4 Å². The molecular weight excluding hydrogens is 431 g/mol. The Morgan fingerprint density at radius 3 is 2.56 bits per heavy atom. The zero-order valence-electron chi connectivity index (χ0n) is 15.8. The van der Waals surface area contributed by atoms with Crippen molar-refractivity contribution in [1.29, 1.82) is 0 Å². The van der Waals surface area contributed by atoms with Gasteiger partial charge in [-0.05, 0) is 31.6 Å². The lowest BCUT2D eigenvalue weighted by molar-refractivity contribution is -0.121. The van der Waals surface area contributed by atoms with E-state index in [0.717, 1.165) is 44.5 Å². The van der Waals surface area contributed by atoms with Crippen LogP contribution in [-0.2, 0) is 9.53 Å². The van der Waals surface area contributed by atoms with E-state index >= 15 is 0 Å². The number of carbonyl (C=O) groups excluding carboxylic acids is 1. The Kier molecular flexibility index (Phi) is 11.4. The lowest BCUT2D eigenvalue weighted by Gasteiger charge is -2.24. The molecule has 2 rings (SSSR count). The number of halogens is 1. The number of nitrogens with one attached hydrogen (secondary N) is 2. The van der Waals surface area contributed by atoms with Gasteiger partial charge >= 0.3 is 0 Å². The molecule has 2 saturated carbocycles. The van der Waals surface area contributed by atoms with Crippen molar-refractivity contribution in [3.8, 4) is 0 Å². The van der Waals surface area contributed by atoms with Crippen LogP contribution in [0.5, 0.6) is 0 Å². The Hall–Kier alpha value is -0.570. The number of likely N-dealkylation sites (N-methyl/N-ethyl adjacent to an activating group) is 1. The van der Waals surface area contributed by atoms with Gasteiger partial charge in [-0.3, -0.25) is 9.79 Å². The maximum atomic E-state index is 12.0. The van der Waals surface area contributed by atoms with Crippen LogP contribution in [0, 0.1) is 5.92 Å². The summed E-state index contributed by atoms with van der Waals surface area (Å²) in [6.07, 6.45) is 9.17. The SMILES string of the molecule is CN=C(NCCC(=O)NC1CCCCC1)N(C)CCOCC1CC1.I. The van der Waals surface area contributed by atoms with E-state index < -0.39 is 0 Å². The second-order valence-electron chi connectivity index (χ2n) is 7.07. The molecule has 2 N–H and O–H groups in total. The number of carbonyl (C=O) groups is 1. The van der Waals surface area contributed by atoms with Crippen molar-refractivity contribution in [1.82, 2.24) is 15.5 Å².